The Balaban J connectivity index is 2.62. The van der Waals surface area contributed by atoms with Crippen LogP contribution in [0.15, 0.2) is 49.1 Å². The highest BCUT2D eigenvalue weighted by atomic mass is 16.6. The van der Waals surface area contributed by atoms with Gasteiger partial charge in [0.1, 0.15) is 17.7 Å². The second-order valence-electron chi connectivity index (χ2n) is 11.4. The van der Waals surface area contributed by atoms with Crippen molar-refractivity contribution >= 4 is 23.6 Å². The highest BCUT2D eigenvalue weighted by molar-refractivity contribution is 6.00. The van der Waals surface area contributed by atoms with Crippen LogP contribution in [0.4, 0.5) is 10.5 Å². The van der Waals surface area contributed by atoms with Crippen LogP contribution in [-0.2, 0) is 14.3 Å². The molecule has 0 aliphatic rings. The number of hydrogen-bond acceptors (Lipinski definition) is 4. The molecule has 3 unspecified atom stereocenters. The van der Waals surface area contributed by atoms with Crippen LogP contribution in [0.1, 0.15) is 74.9 Å². The van der Waals surface area contributed by atoms with Crippen molar-refractivity contribution in [2.45, 2.75) is 86.4 Å². The Bertz CT molecular complexity index is 1160. The molecule has 0 bridgehead atoms. The summed E-state index contributed by atoms with van der Waals surface area (Å²) in [6, 6.07) is 9.82. The maximum atomic E-state index is 14.2. The SMILES string of the molecule is C=CCN(C(=O)C(NC(=O)OC(C)(C)C)C(C)CC)C(C(=O)Nc1c(C)cccc1C)c1cc(C)cc(C)c1. The maximum Gasteiger partial charge on any atom is 0.408 e. The van der Waals surface area contributed by atoms with E-state index in [4.69, 9.17) is 4.74 Å². The lowest BCUT2D eigenvalue weighted by Gasteiger charge is -2.35. The van der Waals surface area contributed by atoms with E-state index >= 15 is 0 Å². The van der Waals surface area contributed by atoms with E-state index in [9.17, 15) is 14.4 Å². The molecule has 7 heteroatoms. The first-order valence-corrected chi connectivity index (χ1v) is 13.5. The average Bonchev–Trinajstić information content (AvgIpc) is 2.82. The van der Waals surface area contributed by atoms with Gasteiger partial charge < -0.3 is 20.3 Å². The fraction of sp³-hybridized carbons (Fsp3) is 0.469. The topological polar surface area (TPSA) is 87.7 Å². The molecule has 3 amide bonds. The molecular weight excluding hydrogens is 490 g/mol. The number of nitrogens with one attached hydrogen (secondary N) is 2. The minimum atomic E-state index is -0.958. The second-order valence-corrected chi connectivity index (χ2v) is 11.4. The van der Waals surface area contributed by atoms with Gasteiger partial charge in [0, 0.05) is 12.2 Å². The molecule has 2 aromatic rings. The Labute approximate surface area is 234 Å². The van der Waals surface area contributed by atoms with Crippen LogP contribution in [-0.4, -0.2) is 41.0 Å². The summed E-state index contributed by atoms with van der Waals surface area (Å²) in [5, 5.41) is 5.87. The van der Waals surface area contributed by atoms with E-state index in [1.54, 1.807) is 26.8 Å². The van der Waals surface area contributed by atoms with Crippen LogP contribution in [0.25, 0.3) is 0 Å². The number of nitrogens with zero attached hydrogens (tertiary/aromatic N) is 1. The molecular formula is C32H45N3O4. The molecule has 0 fully saturated rings. The van der Waals surface area contributed by atoms with Crippen molar-refractivity contribution < 1.29 is 19.1 Å². The molecule has 0 radical (unpaired) electrons. The molecule has 0 heterocycles. The zero-order valence-electron chi connectivity index (χ0n) is 25.0. The van der Waals surface area contributed by atoms with Gasteiger partial charge in [0.05, 0.1) is 0 Å². The van der Waals surface area contributed by atoms with E-state index < -0.39 is 23.8 Å². The molecule has 0 saturated heterocycles. The fourth-order valence-electron chi connectivity index (χ4n) is 4.60. The van der Waals surface area contributed by atoms with E-state index in [0.717, 1.165) is 22.3 Å². The quantitative estimate of drug-likeness (QED) is 0.338. The predicted octanol–water partition coefficient (Wildman–Crippen LogP) is 6.55. The van der Waals surface area contributed by atoms with Gasteiger partial charge in [0.25, 0.3) is 5.91 Å². The smallest absolute Gasteiger partial charge is 0.408 e. The van der Waals surface area contributed by atoms with Gasteiger partial charge in [-0.05, 0) is 71.1 Å². The van der Waals surface area contributed by atoms with Crippen molar-refractivity contribution in [3.63, 3.8) is 0 Å². The van der Waals surface area contributed by atoms with Crippen LogP contribution in [0.3, 0.4) is 0 Å². The van der Waals surface area contributed by atoms with E-state index in [1.165, 1.54) is 4.90 Å². The molecule has 2 rings (SSSR count). The van der Waals surface area contributed by atoms with Gasteiger partial charge in [0.15, 0.2) is 0 Å². The lowest BCUT2D eigenvalue weighted by Crippen LogP contribution is -2.54. The number of anilines is 1. The summed E-state index contributed by atoms with van der Waals surface area (Å²) in [5.74, 6) is -0.928. The Kier molecular flexibility index (Phi) is 10.9. The standard InChI is InChI=1S/C32H45N3O4/c1-11-16-35(30(37)27(22(5)12-2)34-31(38)39-32(8,9)10)28(25-18-20(3)17-21(4)19-25)29(36)33-26-23(6)14-13-15-24(26)7/h11,13-15,17-19,22,27-28H,1,12,16H2,2-10H3,(H,33,36)(H,34,38). The molecule has 39 heavy (non-hydrogen) atoms. The molecule has 0 saturated carbocycles. The third-order valence-electron chi connectivity index (χ3n) is 6.61. The number of alkyl carbamates (subject to hydrolysis) is 1. The first-order chi connectivity index (χ1) is 18.2. The number of para-hydroxylation sites is 1. The third-order valence-corrected chi connectivity index (χ3v) is 6.61. The Morgan fingerprint density at radius 2 is 1.59 bits per heavy atom. The van der Waals surface area contributed by atoms with Crippen molar-refractivity contribution in [1.82, 2.24) is 10.2 Å². The summed E-state index contributed by atoms with van der Waals surface area (Å²) in [7, 11) is 0. The maximum absolute atomic E-state index is 14.2. The van der Waals surface area contributed by atoms with E-state index in [0.29, 0.717) is 17.7 Å². The monoisotopic (exact) mass is 535 g/mol. The minimum absolute atomic E-state index is 0.111. The molecule has 212 valence electrons. The van der Waals surface area contributed by atoms with Gasteiger partial charge in [-0.25, -0.2) is 4.79 Å². The Morgan fingerprint density at radius 3 is 2.08 bits per heavy atom. The van der Waals surface area contributed by atoms with Gasteiger partial charge in [-0.3, -0.25) is 9.59 Å². The predicted molar refractivity (Wildman–Crippen MR) is 158 cm³/mol. The number of carbonyl (C=O) groups excluding carboxylic acids is 3. The molecule has 0 aromatic heterocycles. The molecule has 0 aliphatic heterocycles. The van der Waals surface area contributed by atoms with Crippen LogP contribution in [0.5, 0.6) is 0 Å². The number of hydrogen-bond donors (Lipinski definition) is 2. The summed E-state index contributed by atoms with van der Waals surface area (Å²) < 4.78 is 5.46. The van der Waals surface area contributed by atoms with Gasteiger partial charge >= 0.3 is 6.09 Å². The molecule has 7 nitrogen and oxygen atoms in total. The Hall–Kier alpha value is -3.61. The number of ether oxygens (including phenoxy) is 1. The largest absolute Gasteiger partial charge is 0.444 e. The molecule has 3 atom stereocenters. The summed E-state index contributed by atoms with van der Waals surface area (Å²) in [6.07, 6.45) is 1.56. The first kappa shape index (κ1) is 31.6. The minimum Gasteiger partial charge on any atom is -0.444 e. The highest BCUT2D eigenvalue weighted by Gasteiger charge is 2.38. The van der Waals surface area contributed by atoms with Crippen LogP contribution in [0.2, 0.25) is 0 Å². The summed E-state index contributed by atoms with van der Waals surface area (Å²) >= 11 is 0. The normalized spacial score (nSPS) is 13.6. The van der Waals surface area contributed by atoms with Crippen molar-refractivity contribution in [3.8, 4) is 0 Å². The van der Waals surface area contributed by atoms with Gasteiger partial charge in [-0.1, -0.05) is 73.9 Å². The number of amides is 3. The summed E-state index contributed by atoms with van der Waals surface area (Å²) in [4.78, 5) is 42.6. The van der Waals surface area contributed by atoms with E-state index in [2.05, 4.69) is 17.2 Å². The number of rotatable bonds is 10. The van der Waals surface area contributed by atoms with Gasteiger partial charge in [-0.15, -0.1) is 6.58 Å². The fourth-order valence-corrected chi connectivity index (χ4v) is 4.60. The van der Waals surface area contributed by atoms with E-state index in [1.807, 2.05) is 77.9 Å². The van der Waals surface area contributed by atoms with Crippen LogP contribution < -0.4 is 10.6 Å². The molecule has 0 spiro atoms. The number of benzene rings is 2. The lowest BCUT2D eigenvalue weighted by atomic mass is 9.94. The van der Waals surface area contributed by atoms with Crippen LogP contribution in [0, 0.1) is 33.6 Å². The zero-order chi connectivity index (χ0) is 29.5. The zero-order valence-corrected chi connectivity index (χ0v) is 25.0. The highest BCUT2D eigenvalue weighted by Crippen LogP contribution is 2.29. The average molecular weight is 536 g/mol. The molecule has 2 N–H and O–H groups in total. The summed E-state index contributed by atoms with van der Waals surface area (Å²) in [5.41, 5.74) is 4.49. The Morgan fingerprint density at radius 1 is 1.03 bits per heavy atom. The molecule has 2 aromatic carbocycles. The second kappa shape index (κ2) is 13.5. The van der Waals surface area contributed by atoms with Crippen LogP contribution >= 0.6 is 0 Å². The van der Waals surface area contributed by atoms with Gasteiger partial charge in [0.2, 0.25) is 5.91 Å². The van der Waals surface area contributed by atoms with Crippen molar-refractivity contribution in [2.75, 3.05) is 11.9 Å². The van der Waals surface area contributed by atoms with Gasteiger partial charge in [-0.2, -0.15) is 0 Å². The molecule has 0 aliphatic carbocycles. The van der Waals surface area contributed by atoms with Crippen molar-refractivity contribution in [3.05, 3.63) is 76.9 Å². The summed E-state index contributed by atoms with van der Waals surface area (Å²) in [6.45, 7) is 20.9. The van der Waals surface area contributed by atoms with E-state index in [-0.39, 0.29) is 24.3 Å². The van der Waals surface area contributed by atoms with Crippen molar-refractivity contribution in [1.29, 1.82) is 0 Å². The number of aryl methyl sites for hydroxylation is 4. The van der Waals surface area contributed by atoms with Crippen molar-refractivity contribution in [2.24, 2.45) is 5.92 Å². The number of carbonyl (C=O) groups is 3. The first-order valence-electron chi connectivity index (χ1n) is 13.5. The third kappa shape index (κ3) is 8.70. The lowest BCUT2D eigenvalue weighted by molar-refractivity contribution is -0.141.